The second-order valence-electron chi connectivity index (χ2n) is 6.37. The number of fused-ring (bicyclic) bond motifs is 1. The summed E-state index contributed by atoms with van der Waals surface area (Å²) in [6.45, 7) is 0. The minimum atomic E-state index is -0.137. The van der Waals surface area contributed by atoms with Crippen molar-refractivity contribution in [3.05, 3.63) is 0 Å². The van der Waals surface area contributed by atoms with Crippen LogP contribution in [0.25, 0.3) is 0 Å². The molecule has 0 spiro atoms. The molecule has 6 aliphatic rings. The molecule has 6 fully saturated rings. The first-order valence-electron chi connectivity index (χ1n) is 6.03. The predicted octanol–water partition coefficient (Wildman–Crippen LogP) is 1.66. The van der Waals surface area contributed by atoms with Gasteiger partial charge in [0.1, 0.15) is 0 Å². The summed E-state index contributed by atoms with van der Waals surface area (Å²) >= 11 is 0. The Kier molecular flexibility index (Phi) is 0.743. The van der Waals surface area contributed by atoms with Crippen molar-refractivity contribution in [2.75, 3.05) is 0 Å². The van der Waals surface area contributed by atoms with Crippen molar-refractivity contribution >= 4 is 0 Å². The zero-order valence-corrected chi connectivity index (χ0v) is 7.82. The van der Waals surface area contributed by atoms with Crippen molar-refractivity contribution in [2.24, 2.45) is 41.4 Å². The van der Waals surface area contributed by atoms with E-state index in [1.165, 1.54) is 25.7 Å². The molecule has 0 aromatic carbocycles. The normalized spacial score (nSPS) is 80.5. The monoisotopic (exact) mass is 176 g/mol. The first-order valence-corrected chi connectivity index (χ1v) is 6.03. The molecule has 0 radical (unpaired) electrons. The maximum Gasteiger partial charge on any atom is 0.0715 e. The van der Waals surface area contributed by atoms with Crippen molar-refractivity contribution in [2.45, 2.75) is 31.3 Å². The van der Waals surface area contributed by atoms with E-state index in [1.54, 1.807) is 0 Å². The van der Waals surface area contributed by atoms with Gasteiger partial charge in [-0.2, -0.15) is 0 Å². The van der Waals surface area contributed by atoms with E-state index in [0.29, 0.717) is 0 Å². The Morgan fingerprint density at radius 3 is 2.69 bits per heavy atom. The third kappa shape index (κ3) is 0.407. The highest BCUT2D eigenvalue weighted by Crippen LogP contribution is 2.81. The van der Waals surface area contributed by atoms with Crippen LogP contribution in [0, 0.1) is 41.4 Å². The Morgan fingerprint density at radius 1 is 1.00 bits per heavy atom. The van der Waals surface area contributed by atoms with Gasteiger partial charge in [-0.1, -0.05) is 0 Å². The second-order valence-corrected chi connectivity index (χ2v) is 6.37. The first kappa shape index (κ1) is 6.44. The molecule has 6 rings (SSSR count). The minimum absolute atomic E-state index is 0.137. The van der Waals surface area contributed by atoms with Crippen LogP contribution in [0.2, 0.25) is 0 Å². The SMILES string of the molecule is OC12CC3C4CCC5C(CC1C35)C42. The van der Waals surface area contributed by atoms with Gasteiger partial charge in [0.15, 0.2) is 0 Å². The Morgan fingerprint density at radius 2 is 1.85 bits per heavy atom. The van der Waals surface area contributed by atoms with Crippen molar-refractivity contribution in [3.63, 3.8) is 0 Å². The van der Waals surface area contributed by atoms with E-state index in [4.69, 9.17) is 0 Å². The summed E-state index contributed by atoms with van der Waals surface area (Å²) in [4.78, 5) is 0. The molecule has 1 N–H and O–H groups in total. The van der Waals surface area contributed by atoms with E-state index in [-0.39, 0.29) is 5.60 Å². The first-order chi connectivity index (χ1) is 6.31. The van der Waals surface area contributed by atoms with Gasteiger partial charge in [0.25, 0.3) is 0 Å². The number of rotatable bonds is 0. The van der Waals surface area contributed by atoms with Gasteiger partial charge in [0, 0.05) is 0 Å². The molecule has 13 heavy (non-hydrogen) atoms. The molecule has 6 aliphatic carbocycles. The van der Waals surface area contributed by atoms with Crippen LogP contribution in [0.1, 0.15) is 25.7 Å². The van der Waals surface area contributed by atoms with Crippen LogP contribution in [-0.4, -0.2) is 10.7 Å². The lowest BCUT2D eigenvalue weighted by Gasteiger charge is -2.54. The molecule has 1 heteroatoms. The van der Waals surface area contributed by atoms with Gasteiger partial charge in [-0.3, -0.25) is 0 Å². The van der Waals surface area contributed by atoms with Crippen LogP contribution in [0.3, 0.4) is 0 Å². The Bertz CT molecular complexity index is 310. The number of hydrogen-bond donors (Lipinski definition) is 1. The van der Waals surface area contributed by atoms with Crippen LogP contribution in [0.5, 0.6) is 0 Å². The lowest BCUT2D eigenvalue weighted by molar-refractivity contribution is -0.123. The topological polar surface area (TPSA) is 20.2 Å². The highest BCUT2D eigenvalue weighted by molar-refractivity contribution is 5.28. The van der Waals surface area contributed by atoms with Crippen molar-refractivity contribution in [1.82, 2.24) is 0 Å². The molecule has 70 valence electrons. The number of aliphatic hydroxyl groups is 1. The van der Waals surface area contributed by atoms with Gasteiger partial charge < -0.3 is 5.11 Å². The highest BCUT2D eigenvalue weighted by Gasteiger charge is 2.80. The Hall–Kier alpha value is -0.0400. The largest absolute Gasteiger partial charge is 0.389 e. The molecule has 6 bridgehead atoms. The maximum absolute atomic E-state index is 10.7. The molecule has 0 heterocycles. The standard InChI is InChI=1S/C12H16O/c13-12-4-8-6-2-1-5-7(11(6)12)3-9(12)10(5)8/h5-11,13H,1-4H2. The summed E-state index contributed by atoms with van der Waals surface area (Å²) in [6, 6.07) is 0. The van der Waals surface area contributed by atoms with Crippen LogP contribution < -0.4 is 0 Å². The van der Waals surface area contributed by atoms with E-state index < -0.39 is 0 Å². The van der Waals surface area contributed by atoms with Gasteiger partial charge >= 0.3 is 0 Å². The van der Waals surface area contributed by atoms with Crippen LogP contribution in [0.4, 0.5) is 0 Å². The third-order valence-corrected chi connectivity index (χ3v) is 6.62. The maximum atomic E-state index is 10.7. The zero-order chi connectivity index (χ0) is 8.37. The smallest absolute Gasteiger partial charge is 0.0715 e. The van der Waals surface area contributed by atoms with Gasteiger partial charge in [-0.15, -0.1) is 0 Å². The van der Waals surface area contributed by atoms with Crippen molar-refractivity contribution in [1.29, 1.82) is 0 Å². The molecule has 8 atom stereocenters. The van der Waals surface area contributed by atoms with Gasteiger partial charge in [0.2, 0.25) is 0 Å². The van der Waals surface area contributed by atoms with E-state index in [9.17, 15) is 5.11 Å². The van der Waals surface area contributed by atoms with Gasteiger partial charge in [-0.05, 0) is 67.1 Å². The molecule has 6 saturated carbocycles. The highest BCUT2D eigenvalue weighted by atomic mass is 16.3. The average molecular weight is 176 g/mol. The van der Waals surface area contributed by atoms with E-state index in [0.717, 1.165) is 41.4 Å². The Labute approximate surface area is 78.5 Å². The fourth-order valence-corrected chi connectivity index (χ4v) is 6.77. The predicted molar refractivity (Wildman–Crippen MR) is 47.8 cm³/mol. The molecule has 8 unspecified atom stereocenters. The van der Waals surface area contributed by atoms with Gasteiger partial charge in [0.05, 0.1) is 5.60 Å². The Balaban J connectivity index is 1.85. The van der Waals surface area contributed by atoms with Crippen LogP contribution in [-0.2, 0) is 0 Å². The summed E-state index contributed by atoms with van der Waals surface area (Å²) < 4.78 is 0. The fourth-order valence-electron chi connectivity index (χ4n) is 6.77. The van der Waals surface area contributed by atoms with Crippen LogP contribution in [0.15, 0.2) is 0 Å². The molecular weight excluding hydrogens is 160 g/mol. The second kappa shape index (κ2) is 1.50. The zero-order valence-electron chi connectivity index (χ0n) is 7.82. The number of hydrogen-bond acceptors (Lipinski definition) is 1. The summed E-state index contributed by atoms with van der Waals surface area (Å²) in [5.41, 5.74) is -0.137. The van der Waals surface area contributed by atoms with E-state index in [2.05, 4.69) is 0 Å². The third-order valence-electron chi connectivity index (χ3n) is 6.62. The van der Waals surface area contributed by atoms with Gasteiger partial charge in [-0.25, -0.2) is 0 Å². The molecule has 0 saturated heterocycles. The fraction of sp³-hybridized carbons (Fsp3) is 1.00. The van der Waals surface area contributed by atoms with E-state index >= 15 is 0 Å². The summed E-state index contributed by atoms with van der Waals surface area (Å²) in [6.07, 6.45) is 5.58. The lowest BCUT2D eigenvalue weighted by atomic mass is 9.52. The van der Waals surface area contributed by atoms with Crippen molar-refractivity contribution in [3.8, 4) is 0 Å². The van der Waals surface area contributed by atoms with Crippen molar-refractivity contribution < 1.29 is 5.11 Å². The quantitative estimate of drug-likeness (QED) is 0.595. The average Bonchev–Trinajstić information content (AvgIpc) is 2.71. The minimum Gasteiger partial charge on any atom is -0.389 e. The lowest BCUT2D eigenvalue weighted by Crippen LogP contribution is -2.53. The molecule has 0 aromatic rings. The molecular formula is C12H16O. The molecule has 0 amide bonds. The molecule has 0 aromatic heterocycles. The summed E-state index contributed by atoms with van der Waals surface area (Å²) in [5, 5.41) is 10.7. The van der Waals surface area contributed by atoms with Crippen LogP contribution >= 0.6 is 0 Å². The van der Waals surface area contributed by atoms with E-state index in [1.807, 2.05) is 0 Å². The summed E-state index contributed by atoms with van der Waals surface area (Å²) in [7, 11) is 0. The molecule has 1 nitrogen and oxygen atoms in total. The molecule has 0 aliphatic heterocycles. The summed E-state index contributed by atoms with van der Waals surface area (Å²) in [5.74, 6) is 6.48.